The van der Waals surface area contributed by atoms with Gasteiger partial charge in [-0.2, -0.15) is 0 Å². The van der Waals surface area contributed by atoms with Gasteiger partial charge in [-0.25, -0.2) is 0 Å². The van der Waals surface area contributed by atoms with Crippen LogP contribution in [-0.2, 0) is 9.47 Å². The second kappa shape index (κ2) is 9.38. The van der Waals surface area contributed by atoms with Gasteiger partial charge in [0.05, 0.1) is 12.7 Å². The lowest BCUT2D eigenvalue weighted by atomic mass is 9.51. The van der Waals surface area contributed by atoms with E-state index in [1.807, 2.05) is 0 Å². The van der Waals surface area contributed by atoms with Crippen LogP contribution in [0.5, 0.6) is 0 Å². The highest BCUT2D eigenvalue weighted by molar-refractivity contribution is 5.80. The molecule has 2 atom stereocenters. The number of likely N-dealkylation sites (tertiary alicyclic amines) is 1. The molecule has 3 fully saturated rings. The van der Waals surface area contributed by atoms with E-state index in [-0.39, 0.29) is 0 Å². The normalized spacial score (nSPS) is 29.3. The Morgan fingerprint density at radius 3 is 2.54 bits per heavy atom. The minimum Gasteiger partial charge on any atom is -0.383 e. The van der Waals surface area contributed by atoms with Crippen LogP contribution >= 0.6 is 0 Å². The molecule has 1 heterocycles. The van der Waals surface area contributed by atoms with Crippen LogP contribution in [0, 0.1) is 5.41 Å². The summed E-state index contributed by atoms with van der Waals surface area (Å²) in [4.78, 5) is 7.22. The van der Waals surface area contributed by atoms with Gasteiger partial charge in [-0.15, -0.1) is 0 Å². The molecule has 3 aliphatic rings. The Bertz CT molecular complexity index is 459. The van der Waals surface area contributed by atoms with Crippen molar-refractivity contribution in [1.29, 1.82) is 0 Å². The second-order valence-corrected chi connectivity index (χ2v) is 8.04. The molecule has 2 unspecified atom stereocenters. The molecule has 0 amide bonds. The molecule has 0 aromatic rings. The zero-order valence-corrected chi connectivity index (χ0v) is 16.9. The summed E-state index contributed by atoms with van der Waals surface area (Å²) >= 11 is 0. The van der Waals surface area contributed by atoms with Crippen molar-refractivity contribution in [2.24, 2.45) is 10.4 Å². The summed E-state index contributed by atoms with van der Waals surface area (Å²) in [5.74, 6) is 1.01. The van der Waals surface area contributed by atoms with Crippen molar-refractivity contribution in [2.75, 3.05) is 46.5 Å². The minimum atomic E-state index is 0.371. The average Bonchev–Trinajstić information content (AvgIpc) is 2.59. The quantitative estimate of drug-likeness (QED) is 0.508. The standard InChI is InChI=1S/C20H38N4O2/c1-4-21-19(22-16-7-11-24(12-8-16)13-14-25-3)23-17-15-18(26-5-2)20(17)9-6-10-20/h16-18H,4-15H2,1-3H3,(H2,21,22,23). The molecule has 0 aromatic carbocycles. The Hall–Kier alpha value is -0.850. The Morgan fingerprint density at radius 1 is 1.19 bits per heavy atom. The fourth-order valence-corrected chi connectivity index (χ4v) is 4.81. The van der Waals surface area contributed by atoms with E-state index in [0.717, 1.165) is 51.8 Å². The van der Waals surface area contributed by atoms with Gasteiger partial charge in [0.25, 0.3) is 0 Å². The minimum absolute atomic E-state index is 0.371. The van der Waals surface area contributed by atoms with E-state index in [1.165, 1.54) is 32.1 Å². The molecule has 2 saturated carbocycles. The Balaban J connectivity index is 1.47. The van der Waals surface area contributed by atoms with Crippen molar-refractivity contribution in [3.05, 3.63) is 0 Å². The van der Waals surface area contributed by atoms with Gasteiger partial charge in [-0.05, 0) is 46.0 Å². The van der Waals surface area contributed by atoms with E-state index in [4.69, 9.17) is 14.5 Å². The molecule has 1 aliphatic heterocycles. The predicted molar refractivity (Wildman–Crippen MR) is 106 cm³/mol. The lowest BCUT2D eigenvalue weighted by Gasteiger charge is -2.61. The van der Waals surface area contributed by atoms with E-state index in [9.17, 15) is 0 Å². The molecule has 1 saturated heterocycles. The number of rotatable bonds is 8. The smallest absolute Gasteiger partial charge is 0.191 e. The van der Waals surface area contributed by atoms with Crippen molar-refractivity contribution in [1.82, 2.24) is 15.5 Å². The first kappa shape index (κ1) is 19.9. The summed E-state index contributed by atoms with van der Waals surface area (Å²) in [5.41, 5.74) is 0.371. The summed E-state index contributed by atoms with van der Waals surface area (Å²) in [6, 6.07) is 1.04. The third-order valence-corrected chi connectivity index (χ3v) is 6.60. The van der Waals surface area contributed by atoms with E-state index in [2.05, 4.69) is 29.4 Å². The van der Waals surface area contributed by atoms with Crippen LogP contribution in [0.15, 0.2) is 4.99 Å². The van der Waals surface area contributed by atoms with Gasteiger partial charge in [-0.3, -0.25) is 4.99 Å². The highest BCUT2D eigenvalue weighted by Gasteiger charge is 2.59. The van der Waals surface area contributed by atoms with Crippen molar-refractivity contribution in [3.8, 4) is 0 Å². The molecule has 26 heavy (non-hydrogen) atoms. The topological polar surface area (TPSA) is 58.1 Å². The lowest BCUT2D eigenvalue weighted by molar-refractivity contribution is -0.168. The van der Waals surface area contributed by atoms with Crippen LogP contribution in [0.1, 0.15) is 52.4 Å². The molecule has 6 heteroatoms. The molecule has 0 radical (unpaired) electrons. The molecule has 0 bridgehead atoms. The average molecular weight is 367 g/mol. The fraction of sp³-hybridized carbons (Fsp3) is 0.950. The summed E-state index contributed by atoms with van der Waals surface area (Å²) in [6.07, 6.45) is 7.85. The van der Waals surface area contributed by atoms with Gasteiger partial charge in [0, 0.05) is 57.4 Å². The van der Waals surface area contributed by atoms with Crippen LogP contribution in [0.2, 0.25) is 0 Å². The SMILES string of the molecule is CCN=C(NC1CCN(CCOC)CC1)NC1CC(OCC)C12CCC2. The number of methoxy groups -OCH3 is 1. The highest BCUT2D eigenvalue weighted by Crippen LogP contribution is 2.57. The van der Waals surface area contributed by atoms with E-state index < -0.39 is 0 Å². The number of aliphatic imine (C=N–C) groups is 1. The molecule has 3 rings (SSSR count). The van der Waals surface area contributed by atoms with Crippen molar-refractivity contribution in [3.63, 3.8) is 0 Å². The number of guanidine groups is 1. The van der Waals surface area contributed by atoms with Gasteiger partial charge < -0.3 is 25.0 Å². The van der Waals surface area contributed by atoms with Gasteiger partial charge in [-0.1, -0.05) is 6.42 Å². The third-order valence-electron chi connectivity index (χ3n) is 6.60. The van der Waals surface area contributed by atoms with Gasteiger partial charge in [0.1, 0.15) is 0 Å². The molecule has 6 nitrogen and oxygen atoms in total. The van der Waals surface area contributed by atoms with Gasteiger partial charge in [0.15, 0.2) is 5.96 Å². The molecule has 0 aromatic heterocycles. The maximum atomic E-state index is 5.99. The summed E-state index contributed by atoms with van der Waals surface area (Å²) < 4.78 is 11.2. The Morgan fingerprint density at radius 2 is 1.96 bits per heavy atom. The van der Waals surface area contributed by atoms with Gasteiger partial charge >= 0.3 is 0 Å². The van der Waals surface area contributed by atoms with Crippen molar-refractivity contribution >= 4 is 5.96 Å². The monoisotopic (exact) mass is 366 g/mol. The maximum Gasteiger partial charge on any atom is 0.191 e. The molecular formula is C20H38N4O2. The first-order valence-corrected chi connectivity index (χ1v) is 10.6. The van der Waals surface area contributed by atoms with E-state index in [1.54, 1.807) is 7.11 Å². The maximum absolute atomic E-state index is 5.99. The largest absolute Gasteiger partial charge is 0.383 e. The summed E-state index contributed by atoms with van der Waals surface area (Å²) in [5, 5.41) is 7.46. The number of hydrogen-bond donors (Lipinski definition) is 2. The fourth-order valence-electron chi connectivity index (χ4n) is 4.81. The number of piperidine rings is 1. The van der Waals surface area contributed by atoms with E-state index >= 15 is 0 Å². The van der Waals surface area contributed by atoms with Gasteiger partial charge in [0.2, 0.25) is 0 Å². The zero-order chi connectivity index (χ0) is 18.4. The predicted octanol–water partition coefficient (Wildman–Crippen LogP) is 2.00. The first-order valence-electron chi connectivity index (χ1n) is 10.6. The summed E-state index contributed by atoms with van der Waals surface area (Å²) in [6.45, 7) is 10.0. The molecule has 2 N–H and O–H groups in total. The number of nitrogens with one attached hydrogen (secondary N) is 2. The number of hydrogen-bond acceptors (Lipinski definition) is 4. The molecule has 1 spiro atoms. The van der Waals surface area contributed by atoms with Crippen LogP contribution in [0.4, 0.5) is 0 Å². The van der Waals surface area contributed by atoms with Crippen molar-refractivity contribution < 1.29 is 9.47 Å². The highest BCUT2D eigenvalue weighted by atomic mass is 16.5. The summed E-state index contributed by atoms with van der Waals surface area (Å²) in [7, 11) is 1.78. The second-order valence-electron chi connectivity index (χ2n) is 8.04. The number of ether oxygens (including phenoxy) is 2. The van der Waals surface area contributed by atoms with Crippen molar-refractivity contribution in [2.45, 2.75) is 70.6 Å². The lowest BCUT2D eigenvalue weighted by Crippen LogP contribution is -2.69. The zero-order valence-electron chi connectivity index (χ0n) is 16.9. The Kier molecular flexibility index (Phi) is 7.18. The van der Waals surface area contributed by atoms with Crippen LogP contribution in [0.25, 0.3) is 0 Å². The molecule has 150 valence electrons. The number of nitrogens with zero attached hydrogens (tertiary/aromatic N) is 2. The molecular weight excluding hydrogens is 328 g/mol. The van der Waals surface area contributed by atoms with Crippen LogP contribution in [0.3, 0.4) is 0 Å². The Labute approximate surface area is 159 Å². The van der Waals surface area contributed by atoms with E-state index in [0.29, 0.717) is 23.6 Å². The van der Waals surface area contributed by atoms with Crippen LogP contribution < -0.4 is 10.6 Å². The first-order chi connectivity index (χ1) is 12.7. The van der Waals surface area contributed by atoms with Crippen LogP contribution in [-0.4, -0.2) is 75.5 Å². The third kappa shape index (κ3) is 4.34. The molecule has 2 aliphatic carbocycles.